The number of hydrogen-bond acceptors (Lipinski definition) is 3. The van der Waals surface area contributed by atoms with E-state index in [9.17, 15) is 10.1 Å². The van der Waals surface area contributed by atoms with Crippen LogP contribution in [0.5, 0.6) is 0 Å². The van der Waals surface area contributed by atoms with Crippen LogP contribution >= 0.6 is 33.9 Å². The zero-order valence-electron chi connectivity index (χ0n) is 7.28. The van der Waals surface area contributed by atoms with Gasteiger partial charge in [0.2, 0.25) is 0 Å². The summed E-state index contributed by atoms with van der Waals surface area (Å²) in [6.07, 6.45) is 0. The van der Waals surface area contributed by atoms with Crippen LogP contribution in [0.15, 0.2) is 18.2 Å². The lowest BCUT2D eigenvalue weighted by Crippen LogP contribution is -1.87. The smallest absolute Gasteiger partial charge is 0.258 e. The highest BCUT2D eigenvalue weighted by atomic mass is 127. The Kier molecular flexibility index (Phi) is 2.44. The number of halogens is 1. The molecule has 0 fully saturated rings. The van der Waals surface area contributed by atoms with E-state index in [0.29, 0.717) is 0 Å². The second kappa shape index (κ2) is 3.47. The molecule has 14 heavy (non-hydrogen) atoms. The van der Waals surface area contributed by atoms with Gasteiger partial charge in [-0.25, -0.2) is 0 Å². The number of benzene rings is 1. The van der Waals surface area contributed by atoms with Gasteiger partial charge in [0, 0.05) is 19.9 Å². The highest BCUT2D eigenvalue weighted by Gasteiger charge is 2.15. The van der Waals surface area contributed by atoms with Crippen molar-refractivity contribution in [3.05, 3.63) is 36.8 Å². The van der Waals surface area contributed by atoms with Crippen molar-refractivity contribution < 1.29 is 4.92 Å². The predicted octanol–water partition coefficient (Wildman–Crippen LogP) is 3.72. The second-order valence-electron chi connectivity index (χ2n) is 2.92. The molecule has 0 aliphatic rings. The number of aryl methyl sites for hydroxylation is 1. The van der Waals surface area contributed by atoms with Crippen molar-refractivity contribution >= 4 is 49.7 Å². The minimum Gasteiger partial charge on any atom is -0.258 e. The molecule has 3 nitrogen and oxygen atoms in total. The van der Waals surface area contributed by atoms with Gasteiger partial charge in [-0.3, -0.25) is 10.1 Å². The van der Waals surface area contributed by atoms with Crippen molar-refractivity contribution in [2.45, 2.75) is 6.92 Å². The molecule has 2 aromatic rings. The lowest BCUT2D eigenvalue weighted by Gasteiger charge is -1.95. The number of nitro groups is 1. The molecule has 0 N–H and O–H groups in total. The van der Waals surface area contributed by atoms with Crippen LogP contribution in [-0.4, -0.2) is 4.92 Å². The Morgan fingerprint density at radius 1 is 1.50 bits per heavy atom. The molecule has 0 saturated carbocycles. The van der Waals surface area contributed by atoms with Gasteiger partial charge < -0.3 is 0 Å². The van der Waals surface area contributed by atoms with Crippen molar-refractivity contribution in [2.24, 2.45) is 0 Å². The summed E-state index contributed by atoms with van der Waals surface area (Å²) in [5.41, 5.74) is 0.207. The topological polar surface area (TPSA) is 43.1 Å². The third kappa shape index (κ3) is 1.50. The Bertz CT molecular complexity index is 521. The zero-order chi connectivity index (χ0) is 10.3. The quantitative estimate of drug-likeness (QED) is 0.457. The zero-order valence-corrected chi connectivity index (χ0v) is 10.3. The number of fused-ring (bicyclic) bond motifs is 1. The number of nitrogens with zero attached hydrogens (tertiary/aromatic N) is 1. The Morgan fingerprint density at radius 2 is 2.21 bits per heavy atom. The fraction of sp³-hybridized carbons (Fsp3) is 0.111. The molecule has 0 amide bonds. The molecule has 0 aliphatic heterocycles. The fourth-order valence-electron chi connectivity index (χ4n) is 1.34. The summed E-state index contributed by atoms with van der Waals surface area (Å²) >= 11 is 3.67. The molecule has 0 atom stereocenters. The Labute approximate surface area is 98.0 Å². The molecular weight excluding hydrogens is 313 g/mol. The standard InChI is InChI=1S/C9H6INO2S/c1-5-4-6-7(10)2-3-8(11(12)13)9(6)14-5/h2-4H,1H3. The van der Waals surface area contributed by atoms with E-state index in [1.807, 2.05) is 13.0 Å². The normalized spacial score (nSPS) is 10.7. The van der Waals surface area contributed by atoms with Crippen molar-refractivity contribution in [1.82, 2.24) is 0 Å². The molecule has 2 rings (SSSR count). The minimum absolute atomic E-state index is 0.207. The Balaban J connectivity index is 2.87. The molecule has 1 aromatic heterocycles. The van der Waals surface area contributed by atoms with Gasteiger partial charge in [-0.05, 0) is 41.6 Å². The van der Waals surface area contributed by atoms with Crippen LogP contribution in [0.25, 0.3) is 10.1 Å². The minimum atomic E-state index is -0.325. The first-order valence-electron chi connectivity index (χ1n) is 3.92. The average Bonchev–Trinajstić information content (AvgIpc) is 2.47. The second-order valence-corrected chi connectivity index (χ2v) is 5.34. The molecule has 0 radical (unpaired) electrons. The van der Waals surface area contributed by atoms with Crippen molar-refractivity contribution in [1.29, 1.82) is 0 Å². The van der Waals surface area contributed by atoms with Crippen LogP contribution in [0.3, 0.4) is 0 Å². The summed E-state index contributed by atoms with van der Waals surface area (Å²) in [6, 6.07) is 5.35. The van der Waals surface area contributed by atoms with Gasteiger partial charge in [-0.1, -0.05) is 0 Å². The van der Waals surface area contributed by atoms with Crippen LogP contribution in [0.2, 0.25) is 0 Å². The summed E-state index contributed by atoms with van der Waals surface area (Å²) in [6.45, 7) is 1.96. The molecule has 1 heterocycles. The highest BCUT2D eigenvalue weighted by molar-refractivity contribution is 14.1. The maximum atomic E-state index is 10.7. The van der Waals surface area contributed by atoms with Crippen molar-refractivity contribution in [3.63, 3.8) is 0 Å². The summed E-state index contributed by atoms with van der Waals surface area (Å²) < 4.78 is 1.84. The molecular formula is C9H6INO2S. The van der Waals surface area contributed by atoms with E-state index in [-0.39, 0.29) is 10.6 Å². The first-order chi connectivity index (χ1) is 6.59. The van der Waals surface area contributed by atoms with Crippen molar-refractivity contribution in [3.8, 4) is 0 Å². The van der Waals surface area contributed by atoms with Gasteiger partial charge in [0.05, 0.1) is 4.92 Å². The van der Waals surface area contributed by atoms with Crippen LogP contribution in [0, 0.1) is 20.6 Å². The third-order valence-electron chi connectivity index (χ3n) is 1.93. The van der Waals surface area contributed by atoms with E-state index in [2.05, 4.69) is 22.6 Å². The van der Waals surface area contributed by atoms with Gasteiger partial charge in [-0.2, -0.15) is 0 Å². The lowest BCUT2D eigenvalue weighted by molar-refractivity contribution is -0.382. The van der Waals surface area contributed by atoms with Gasteiger partial charge in [0.1, 0.15) is 4.70 Å². The lowest BCUT2D eigenvalue weighted by atomic mass is 10.2. The van der Waals surface area contributed by atoms with Crippen LogP contribution in [0.4, 0.5) is 5.69 Å². The summed E-state index contributed by atoms with van der Waals surface area (Å²) in [7, 11) is 0. The molecule has 72 valence electrons. The number of thiophene rings is 1. The van der Waals surface area contributed by atoms with Gasteiger partial charge >= 0.3 is 0 Å². The molecule has 1 aromatic carbocycles. The largest absolute Gasteiger partial charge is 0.287 e. The maximum absolute atomic E-state index is 10.7. The van der Waals surface area contributed by atoms with Crippen LogP contribution in [-0.2, 0) is 0 Å². The average molecular weight is 319 g/mol. The molecule has 0 spiro atoms. The summed E-state index contributed by atoms with van der Waals surface area (Å²) in [5, 5.41) is 11.7. The fourth-order valence-corrected chi connectivity index (χ4v) is 3.16. The first-order valence-corrected chi connectivity index (χ1v) is 5.82. The summed E-state index contributed by atoms with van der Waals surface area (Å²) in [5.74, 6) is 0. The monoisotopic (exact) mass is 319 g/mol. The summed E-state index contributed by atoms with van der Waals surface area (Å²) in [4.78, 5) is 11.5. The molecule has 0 aliphatic carbocycles. The number of non-ortho nitro benzene ring substituents is 1. The van der Waals surface area contributed by atoms with E-state index < -0.39 is 0 Å². The molecule has 0 unspecified atom stereocenters. The van der Waals surface area contributed by atoms with E-state index in [4.69, 9.17) is 0 Å². The Morgan fingerprint density at radius 3 is 2.86 bits per heavy atom. The van der Waals surface area contributed by atoms with Gasteiger partial charge in [0.25, 0.3) is 5.69 Å². The highest BCUT2D eigenvalue weighted by Crippen LogP contribution is 2.35. The maximum Gasteiger partial charge on any atom is 0.287 e. The van der Waals surface area contributed by atoms with Crippen LogP contribution < -0.4 is 0 Å². The van der Waals surface area contributed by atoms with Crippen molar-refractivity contribution in [2.75, 3.05) is 0 Å². The SMILES string of the molecule is Cc1cc2c(I)ccc([N+](=O)[O-])c2s1. The van der Waals surface area contributed by atoms with E-state index in [1.165, 1.54) is 11.3 Å². The number of hydrogen-bond donors (Lipinski definition) is 0. The molecule has 5 heteroatoms. The predicted molar refractivity (Wildman–Crippen MR) is 65.9 cm³/mol. The number of nitro benzene ring substituents is 1. The van der Waals surface area contributed by atoms with E-state index in [1.54, 1.807) is 12.1 Å². The van der Waals surface area contributed by atoms with E-state index >= 15 is 0 Å². The Hall–Kier alpha value is -0.690. The van der Waals surface area contributed by atoms with Gasteiger partial charge in [0.15, 0.2) is 0 Å². The molecule has 0 bridgehead atoms. The third-order valence-corrected chi connectivity index (χ3v) is 3.94. The number of rotatable bonds is 1. The first kappa shape index (κ1) is 9.85. The van der Waals surface area contributed by atoms with Gasteiger partial charge in [-0.15, -0.1) is 11.3 Å². The molecule has 0 saturated heterocycles. The van der Waals surface area contributed by atoms with E-state index in [0.717, 1.165) is 18.5 Å². The van der Waals surface area contributed by atoms with Crippen LogP contribution in [0.1, 0.15) is 4.88 Å².